The number of aryl methyl sites for hydroxylation is 2. The Labute approximate surface area is 66.2 Å². The predicted octanol–water partition coefficient (Wildman–Crippen LogP) is 2.11. The van der Waals surface area contributed by atoms with Crippen molar-refractivity contribution in [1.82, 2.24) is 0 Å². The van der Waals surface area contributed by atoms with E-state index >= 15 is 0 Å². The van der Waals surface area contributed by atoms with Crippen LogP contribution >= 0.6 is 0 Å². The van der Waals surface area contributed by atoms with Crippen LogP contribution in [-0.4, -0.2) is 11.4 Å². The highest BCUT2D eigenvalue weighted by atomic mass is 16.4. The molecule has 0 amide bonds. The van der Waals surface area contributed by atoms with Crippen molar-refractivity contribution in [3.63, 3.8) is 0 Å². The van der Waals surface area contributed by atoms with E-state index in [9.17, 15) is 0 Å². The van der Waals surface area contributed by atoms with Gasteiger partial charge in [-0.2, -0.15) is 0 Å². The van der Waals surface area contributed by atoms with Gasteiger partial charge >= 0.3 is 0 Å². The molecule has 0 bridgehead atoms. The van der Waals surface area contributed by atoms with Gasteiger partial charge in [-0.1, -0.05) is 23.4 Å². The number of hydrogen-bond donors (Lipinski definition) is 1. The van der Waals surface area contributed by atoms with Crippen LogP contribution in [0.2, 0.25) is 0 Å². The van der Waals surface area contributed by atoms with Crippen molar-refractivity contribution in [2.24, 2.45) is 5.16 Å². The lowest BCUT2D eigenvalue weighted by atomic mass is 10.0. The average molecular weight is 149 g/mol. The van der Waals surface area contributed by atoms with Crippen molar-refractivity contribution in [1.29, 1.82) is 0 Å². The minimum Gasteiger partial charge on any atom is -0.411 e. The summed E-state index contributed by atoms with van der Waals surface area (Å²) in [7, 11) is 0. The Balaban J connectivity index is 3.20. The average Bonchev–Trinajstić information content (AvgIpc) is 1.97. The van der Waals surface area contributed by atoms with Gasteiger partial charge in [-0.05, 0) is 25.0 Å². The summed E-state index contributed by atoms with van der Waals surface area (Å²) in [6.45, 7) is 3.98. The van der Waals surface area contributed by atoms with Gasteiger partial charge in [-0.25, -0.2) is 0 Å². The lowest BCUT2D eigenvalue weighted by Gasteiger charge is -2.01. The second-order valence-corrected chi connectivity index (χ2v) is 2.55. The minimum atomic E-state index is 0.995. The fourth-order valence-corrected chi connectivity index (χ4v) is 1.09. The summed E-state index contributed by atoms with van der Waals surface area (Å²) in [6.07, 6.45) is 1.46. The van der Waals surface area contributed by atoms with Gasteiger partial charge in [0, 0.05) is 5.56 Å². The van der Waals surface area contributed by atoms with Crippen LogP contribution in [-0.2, 0) is 0 Å². The summed E-state index contributed by atoms with van der Waals surface area (Å²) >= 11 is 0. The number of benzene rings is 1. The van der Waals surface area contributed by atoms with Crippen LogP contribution in [0, 0.1) is 13.8 Å². The Bertz CT molecular complexity index is 259. The molecule has 1 rings (SSSR count). The van der Waals surface area contributed by atoms with Crippen LogP contribution in [0.1, 0.15) is 16.7 Å². The fraction of sp³-hybridized carbons (Fsp3) is 0.222. The van der Waals surface area contributed by atoms with E-state index in [1.807, 2.05) is 32.0 Å². The lowest BCUT2D eigenvalue weighted by Crippen LogP contribution is -1.90. The molecular weight excluding hydrogens is 138 g/mol. The van der Waals surface area contributed by atoms with Crippen molar-refractivity contribution in [2.75, 3.05) is 0 Å². The van der Waals surface area contributed by atoms with Crippen molar-refractivity contribution in [3.05, 3.63) is 34.9 Å². The first-order valence-corrected chi connectivity index (χ1v) is 3.49. The maximum Gasteiger partial charge on any atom is 0.0739 e. The van der Waals surface area contributed by atoms with E-state index in [0.29, 0.717) is 0 Å². The summed E-state index contributed by atoms with van der Waals surface area (Å²) in [5.41, 5.74) is 3.25. The zero-order chi connectivity index (χ0) is 8.27. The molecule has 0 saturated carbocycles. The van der Waals surface area contributed by atoms with E-state index in [4.69, 9.17) is 5.21 Å². The maximum atomic E-state index is 8.34. The van der Waals surface area contributed by atoms with Gasteiger partial charge in [-0.3, -0.25) is 0 Å². The van der Waals surface area contributed by atoms with Crippen LogP contribution in [0.5, 0.6) is 0 Å². The first-order valence-electron chi connectivity index (χ1n) is 3.49. The van der Waals surface area contributed by atoms with Gasteiger partial charge in [0.2, 0.25) is 0 Å². The molecule has 0 saturated heterocycles. The normalized spacial score (nSPS) is 10.7. The highest BCUT2D eigenvalue weighted by Gasteiger charge is 1.96. The summed E-state index contributed by atoms with van der Waals surface area (Å²) in [6, 6.07) is 5.97. The van der Waals surface area contributed by atoms with E-state index < -0.39 is 0 Å². The second kappa shape index (κ2) is 3.19. The third kappa shape index (κ3) is 1.58. The van der Waals surface area contributed by atoms with E-state index in [-0.39, 0.29) is 0 Å². The highest BCUT2D eigenvalue weighted by molar-refractivity contribution is 5.83. The molecule has 0 heterocycles. The minimum absolute atomic E-state index is 0.995. The summed E-state index contributed by atoms with van der Waals surface area (Å²) in [5.74, 6) is 0. The quantitative estimate of drug-likeness (QED) is 0.370. The second-order valence-electron chi connectivity index (χ2n) is 2.55. The zero-order valence-electron chi connectivity index (χ0n) is 6.70. The third-order valence-corrected chi connectivity index (χ3v) is 1.73. The fourth-order valence-electron chi connectivity index (χ4n) is 1.09. The molecule has 1 aromatic rings. The van der Waals surface area contributed by atoms with Crippen molar-refractivity contribution in [2.45, 2.75) is 13.8 Å². The number of hydrogen-bond acceptors (Lipinski definition) is 2. The van der Waals surface area contributed by atoms with E-state index in [2.05, 4.69) is 5.16 Å². The SMILES string of the molecule is Cc1cccc(C)c1/C=N\O. The van der Waals surface area contributed by atoms with Gasteiger partial charge in [0.1, 0.15) is 0 Å². The van der Waals surface area contributed by atoms with Crippen molar-refractivity contribution >= 4 is 6.21 Å². The van der Waals surface area contributed by atoms with Gasteiger partial charge in [0.25, 0.3) is 0 Å². The Kier molecular flexibility index (Phi) is 2.26. The van der Waals surface area contributed by atoms with Crippen LogP contribution < -0.4 is 0 Å². The lowest BCUT2D eigenvalue weighted by molar-refractivity contribution is 0.322. The summed E-state index contributed by atoms with van der Waals surface area (Å²) in [4.78, 5) is 0. The molecular formula is C9H11NO. The monoisotopic (exact) mass is 149 g/mol. The molecule has 0 fully saturated rings. The van der Waals surface area contributed by atoms with Gasteiger partial charge in [-0.15, -0.1) is 0 Å². The van der Waals surface area contributed by atoms with Crippen LogP contribution in [0.15, 0.2) is 23.4 Å². The first kappa shape index (κ1) is 7.79. The van der Waals surface area contributed by atoms with Gasteiger partial charge < -0.3 is 5.21 Å². The molecule has 11 heavy (non-hydrogen) atoms. The standard InChI is InChI=1S/C9H11NO/c1-7-4-3-5-8(2)9(7)6-10-11/h3-6,11H,1-2H3/b10-6-. The molecule has 0 aliphatic carbocycles. The van der Waals surface area contributed by atoms with Crippen LogP contribution in [0.3, 0.4) is 0 Å². The largest absolute Gasteiger partial charge is 0.411 e. The summed E-state index contributed by atoms with van der Waals surface area (Å²) < 4.78 is 0. The Morgan fingerprint density at radius 2 is 1.82 bits per heavy atom. The molecule has 0 aliphatic heterocycles. The predicted molar refractivity (Wildman–Crippen MR) is 45.3 cm³/mol. The number of oxime groups is 1. The first-order chi connectivity index (χ1) is 5.25. The highest BCUT2D eigenvalue weighted by Crippen LogP contribution is 2.09. The van der Waals surface area contributed by atoms with E-state index in [1.54, 1.807) is 0 Å². The molecule has 0 atom stereocenters. The third-order valence-electron chi connectivity index (χ3n) is 1.73. The Hall–Kier alpha value is -1.31. The van der Waals surface area contributed by atoms with Gasteiger partial charge in [0.15, 0.2) is 0 Å². The van der Waals surface area contributed by atoms with Crippen molar-refractivity contribution < 1.29 is 5.21 Å². The summed E-state index contributed by atoms with van der Waals surface area (Å²) in [5, 5.41) is 11.3. The molecule has 0 unspecified atom stereocenters. The zero-order valence-corrected chi connectivity index (χ0v) is 6.70. The van der Waals surface area contributed by atoms with Crippen molar-refractivity contribution in [3.8, 4) is 0 Å². The molecule has 58 valence electrons. The topological polar surface area (TPSA) is 32.6 Å². The number of rotatable bonds is 1. The Morgan fingerprint density at radius 3 is 2.27 bits per heavy atom. The maximum absolute atomic E-state index is 8.34. The molecule has 0 aromatic heterocycles. The van der Waals surface area contributed by atoms with E-state index in [0.717, 1.165) is 16.7 Å². The molecule has 2 heteroatoms. The van der Waals surface area contributed by atoms with Crippen LogP contribution in [0.25, 0.3) is 0 Å². The van der Waals surface area contributed by atoms with Gasteiger partial charge in [0.05, 0.1) is 6.21 Å². The van der Waals surface area contributed by atoms with Crippen LogP contribution in [0.4, 0.5) is 0 Å². The number of nitrogens with zero attached hydrogens (tertiary/aromatic N) is 1. The molecule has 0 radical (unpaired) electrons. The molecule has 1 aromatic carbocycles. The molecule has 0 spiro atoms. The smallest absolute Gasteiger partial charge is 0.0739 e. The molecule has 1 N–H and O–H groups in total. The molecule has 2 nitrogen and oxygen atoms in total. The molecule has 0 aliphatic rings. The Morgan fingerprint density at radius 1 is 1.27 bits per heavy atom. The van der Waals surface area contributed by atoms with E-state index in [1.165, 1.54) is 6.21 Å².